The van der Waals surface area contributed by atoms with Crippen LogP contribution in [0.2, 0.25) is 0 Å². The van der Waals surface area contributed by atoms with Gasteiger partial charge in [-0.3, -0.25) is 9.59 Å². The maximum absolute atomic E-state index is 13.5. The first-order valence-corrected chi connectivity index (χ1v) is 12.7. The van der Waals surface area contributed by atoms with Crippen LogP contribution in [0.5, 0.6) is 11.5 Å². The van der Waals surface area contributed by atoms with Gasteiger partial charge in [-0.25, -0.2) is 5.01 Å². The summed E-state index contributed by atoms with van der Waals surface area (Å²) in [5, 5.41) is 15.7. The molecule has 1 aliphatic heterocycles. The summed E-state index contributed by atoms with van der Waals surface area (Å²) in [4.78, 5) is 24.2. The highest BCUT2D eigenvalue weighted by Gasteiger charge is 2.42. The molecule has 4 rings (SSSR count). The van der Waals surface area contributed by atoms with Crippen LogP contribution in [-0.4, -0.2) is 47.5 Å². The van der Waals surface area contributed by atoms with Gasteiger partial charge in [0.2, 0.25) is 5.91 Å². The number of allylic oxidation sites excluding steroid dienone is 2. The van der Waals surface area contributed by atoms with E-state index in [2.05, 4.69) is 12.2 Å². The average molecular weight is 469 g/mol. The number of fused-ring (bicyclic) bond motifs is 1. The highest BCUT2D eigenvalue weighted by molar-refractivity contribution is 6.07. The van der Waals surface area contributed by atoms with Crippen LogP contribution in [0.3, 0.4) is 0 Å². The van der Waals surface area contributed by atoms with Gasteiger partial charge >= 0.3 is 5.97 Å². The third kappa shape index (κ3) is 5.62. The lowest BCUT2D eigenvalue weighted by atomic mass is 9.76. The summed E-state index contributed by atoms with van der Waals surface area (Å²) in [6.45, 7) is 0.418. The lowest BCUT2D eigenvalue weighted by Gasteiger charge is -2.40. The van der Waals surface area contributed by atoms with Crippen molar-refractivity contribution >= 4 is 17.6 Å². The lowest BCUT2D eigenvalue weighted by Crippen LogP contribution is -2.49. The Bertz CT molecular complexity index is 933. The normalized spacial score (nSPS) is 23.1. The number of carboxylic acid groups (broad SMARTS) is 1. The predicted molar refractivity (Wildman–Crippen MR) is 130 cm³/mol. The van der Waals surface area contributed by atoms with E-state index in [1.165, 1.54) is 12.8 Å². The Morgan fingerprint density at radius 3 is 2.50 bits per heavy atom. The predicted octanol–water partition coefficient (Wildman–Crippen LogP) is 5.18. The first kappa shape index (κ1) is 24.3. The van der Waals surface area contributed by atoms with Crippen molar-refractivity contribution in [2.75, 3.05) is 13.7 Å². The molecule has 7 nitrogen and oxygen atoms in total. The molecule has 0 saturated heterocycles. The molecular formula is C27H36N2O5. The molecule has 1 fully saturated rings. The third-order valence-electron chi connectivity index (χ3n) is 7.21. The minimum absolute atomic E-state index is 0.0661. The van der Waals surface area contributed by atoms with Crippen LogP contribution < -0.4 is 9.47 Å². The second kappa shape index (κ2) is 11.5. The van der Waals surface area contributed by atoms with Crippen molar-refractivity contribution in [1.82, 2.24) is 5.01 Å². The summed E-state index contributed by atoms with van der Waals surface area (Å²) in [6.07, 6.45) is 14.0. The number of aliphatic carboxylic acids is 1. The third-order valence-corrected chi connectivity index (χ3v) is 7.21. The molecule has 1 heterocycles. The smallest absolute Gasteiger partial charge is 0.303 e. The van der Waals surface area contributed by atoms with Crippen LogP contribution >= 0.6 is 0 Å². The second-order valence-electron chi connectivity index (χ2n) is 9.53. The van der Waals surface area contributed by atoms with Gasteiger partial charge in [-0.1, -0.05) is 37.8 Å². The van der Waals surface area contributed by atoms with Gasteiger partial charge in [0.15, 0.2) is 11.5 Å². The van der Waals surface area contributed by atoms with Crippen molar-refractivity contribution in [3.05, 3.63) is 35.9 Å². The highest BCUT2D eigenvalue weighted by Crippen LogP contribution is 2.38. The first-order chi connectivity index (χ1) is 16.6. The van der Waals surface area contributed by atoms with E-state index in [0.29, 0.717) is 30.9 Å². The number of hydrogen-bond donors (Lipinski definition) is 1. The highest BCUT2D eigenvalue weighted by atomic mass is 16.5. The summed E-state index contributed by atoms with van der Waals surface area (Å²) in [6, 6.07) is 6.04. The summed E-state index contributed by atoms with van der Waals surface area (Å²) in [7, 11) is 1.61. The summed E-state index contributed by atoms with van der Waals surface area (Å²) in [5.74, 6) is 0.640. The molecule has 3 aliphatic rings. The molecular weight excluding hydrogens is 432 g/mol. The minimum Gasteiger partial charge on any atom is -0.493 e. The molecule has 0 bridgehead atoms. The summed E-state index contributed by atoms with van der Waals surface area (Å²) in [5.41, 5.74) is 1.91. The Morgan fingerprint density at radius 2 is 1.79 bits per heavy atom. The number of carboxylic acids is 1. The van der Waals surface area contributed by atoms with Crippen molar-refractivity contribution in [2.45, 2.75) is 76.7 Å². The Kier molecular flexibility index (Phi) is 8.25. The van der Waals surface area contributed by atoms with Crippen LogP contribution in [0.4, 0.5) is 0 Å². The number of hydrogen-bond acceptors (Lipinski definition) is 5. The molecule has 0 radical (unpaired) electrons. The number of nitrogens with zero attached hydrogens (tertiary/aromatic N) is 2. The molecule has 7 heteroatoms. The van der Waals surface area contributed by atoms with E-state index in [0.717, 1.165) is 49.8 Å². The van der Waals surface area contributed by atoms with E-state index in [1.807, 2.05) is 23.2 Å². The topological polar surface area (TPSA) is 88.4 Å². The van der Waals surface area contributed by atoms with Gasteiger partial charge in [0, 0.05) is 17.9 Å². The Morgan fingerprint density at radius 1 is 1.06 bits per heavy atom. The van der Waals surface area contributed by atoms with Gasteiger partial charge in [-0.2, -0.15) is 5.10 Å². The number of carbonyl (C=O) groups excluding carboxylic acids is 1. The fraction of sp³-hybridized carbons (Fsp3) is 0.593. The number of amides is 1. The maximum Gasteiger partial charge on any atom is 0.303 e. The number of rotatable bonds is 9. The molecule has 2 atom stereocenters. The number of methoxy groups -OCH3 is 1. The van der Waals surface area contributed by atoms with Crippen molar-refractivity contribution in [3.8, 4) is 11.5 Å². The largest absolute Gasteiger partial charge is 0.493 e. The summed E-state index contributed by atoms with van der Waals surface area (Å²) >= 11 is 0. The summed E-state index contributed by atoms with van der Waals surface area (Å²) < 4.78 is 11.5. The molecule has 0 aromatic heterocycles. The molecule has 34 heavy (non-hydrogen) atoms. The number of ether oxygens (including phenoxy) is 2. The maximum atomic E-state index is 13.5. The minimum atomic E-state index is -0.793. The van der Waals surface area contributed by atoms with E-state index in [4.69, 9.17) is 19.7 Å². The van der Waals surface area contributed by atoms with Gasteiger partial charge in [-0.15, -0.1) is 0 Å². The van der Waals surface area contributed by atoms with E-state index < -0.39 is 5.97 Å². The second-order valence-corrected chi connectivity index (χ2v) is 9.53. The van der Waals surface area contributed by atoms with Crippen LogP contribution in [0.15, 0.2) is 35.5 Å². The molecule has 1 aromatic rings. The zero-order valence-corrected chi connectivity index (χ0v) is 20.1. The van der Waals surface area contributed by atoms with E-state index in [9.17, 15) is 9.59 Å². The number of unbranched alkanes of at least 4 members (excludes halogenated alkanes) is 1. The fourth-order valence-corrected chi connectivity index (χ4v) is 5.34. The van der Waals surface area contributed by atoms with Gasteiger partial charge in [0.1, 0.15) is 0 Å². The van der Waals surface area contributed by atoms with Crippen LogP contribution in [-0.2, 0) is 9.59 Å². The molecule has 1 aromatic carbocycles. The lowest BCUT2D eigenvalue weighted by molar-refractivity contribution is -0.140. The van der Waals surface area contributed by atoms with Crippen molar-refractivity contribution in [3.63, 3.8) is 0 Å². The standard InChI is InChI=1S/C27H36N2O5/c1-33-23-16-15-19(18-24(23)34-17-9-8-14-25(30)31)26-21-12-6-7-13-22(21)27(32)29(28-26)20-10-4-2-3-5-11-20/h6-7,15-16,18,20-22H,2-5,8-14,17H2,1H3,(H,30,31)/t21-,22+/m0/s1. The Labute approximate surface area is 201 Å². The molecule has 0 spiro atoms. The van der Waals surface area contributed by atoms with Crippen molar-refractivity contribution in [2.24, 2.45) is 16.9 Å². The van der Waals surface area contributed by atoms with Gasteiger partial charge < -0.3 is 14.6 Å². The Hall–Kier alpha value is -2.83. The number of carbonyl (C=O) groups is 2. The van der Waals surface area contributed by atoms with Crippen molar-refractivity contribution in [1.29, 1.82) is 0 Å². The van der Waals surface area contributed by atoms with E-state index in [-0.39, 0.29) is 30.2 Å². The van der Waals surface area contributed by atoms with Crippen molar-refractivity contribution < 1.29 is 24.2 Å². The number of hydrazone groups is 1. The Balaban J connectivity index is 1.60. The van der Waals surface area contributed by atoms with Crippen LogP contribution in [0.1, 0.15) is 76.2 Å². The van der Waals surface area contributed by atoms with Gasteiger partial charge in [0.25, 0.3) is 0 Å². The van der Waals surface area contributed by atoms with E-state index in [1.54, 1.807) is 7.11 Å². The average Bonchev–Trinajstić information content (AvgIpc) is 3.13. The molecule has 1 saturated carbocycles. The van der Waals surface area contributed by atoms with Gasteiger partial charge in [-0.05, 0) is 56.7 Å². The monoisotopic (exact) mass is 468 g/mol. The first-order valence-electron chi connectivity index (χ1n) is 12.7. The molecule has 2 aliphatic carbocycles. The van der Waals surface area contributed by atoms with Gasteiger partial charge in [0.05, 0.1) is 31.4 Å². The van der Waals surface area contributed by atoms with Crippen LogP contribution in [0, 0.1) is 11.8 Å². The quantitative estimate of drug-likeness (QED) is 0.306. The van der Waals surface area contributed by atoms with Crippen LogP contribution in [0.25, 0.3) is 0 Å². The molecule has 1 N–H and O–H groups in total. The molecule has 1 amide bonds. The van der Waals surface area contributed by atoms with E-state index >= 15 is 0 Å². The fourth-order valence-electron chi connectivity index (χ4n) is 5.34. The number of benzene rings is 1. The zero-order chi connectivity index (χ0) is 23.9. The molecule has 184 valence electrons. The SMILES string of the molecule is COc1ccc(C2=NN(C3CCCCCC3)C(=O)[C@@H]3CC=CC[C@H]23)cc1OCCCCC(=O)O. The zero-order valence-electron chi connectivity index (χ0n) is 20.1. The molecule has 0 unspecified atom stereocenters.